The molecule has 21 heavy (non-hydrogen) atoms. The largest absolute Gasteiger partial charge is 0.319 e. The Balaban J connectivity index is 2.00. The van der Waals surface area contributed by atoms with Gasteiger partial charge in [-0.15, -0.1) is 0 Å². The molecule has 3 nitrogen and oxygen atoms in total. The maximum atomic E-state index is 12.2. The molecule has 1 aliphatic heterocycles. The van der Waals surface area contributed by atoms with Crippen molar-refractivity contribution in [1.82, 2.24) is 10.2 Å². The highest BCUT2D eigenvalue weighted by molar-refractivity contribution is 6.30. The highest BCUT2D eigenvalue weighted by Crippen LogP contribution is 2.27. The van der Waals surface area contributed by atoms with E-state index in [1.165, 1.54) is 25.7 Å². The van der Waals surface area contributed by atoms with Gasteiger partial charge in [-0.05, 0) is 31.0 Å². The van der Waals surface area contributed by atoms with Crippen LogP contribution in [0.15, 0.2) is 24.3 Å². The van der Waals surface area contributed by atoms with Crippen LogP contribution in [0.25, 0.3) is 0 Å². The zero-order chi connectivity index (χ0) is 15.2. The normalized spacial score (nSPS) is 20.0. The summed E-state index contributed by atoms with van der Waals surface area (Å²) in [7, 11) is 0. The van der Waals surface area contributed by atoms with Crippen molar-refractivity contribution in [2.24, 2.45) is 0 Å². The van der Waals surface area contributed by atoms with Crippen LogP contribution in [0, 0.1) is 0 Å². The molecule has 0 bridgehead atoms. The number of carbonyl (C=O) groups excluding carboxylic acids is 1. The lowest BCUT2D eigenvalue weighted by atomic mass is 10.1. The van der Waals surface area contributed by atoms with Crippen LogP contribution in [-0.2, 0) is 4.79 Å². The molecule has 1 N–H and O–H groups in total. The van der Waals surface area contributed by atoms with E-state index in [0.29, 0.717) is 6.54 Å². The molecular weight excluding hydrogens is 284 g/mol. The number of nitrogens with one attached hydrogen (secondary N) is 1. The summed E-state index contributed by atoms with van der Waals surface area (Å²) in [6, 6.07) is 8.02. The van der Waals surface area contributed by atoms with Crippen molar-refractivity contribution >= 4 is 17.5 Å². The number of unbranched alkanes of at least 4 members (excludes halogenated alkanes) is 3. The second-order valence-corrected chi connectivity index (χ2v) is 6.27. The first-order valence-corrected chi connectivity index (χ1v) is 8.31. The molecular formula is C17H25ClN2O. The maximum Gasteiger partial charge on any atom is 0.238 e. The number of carbonyl (C=O) groups is 1. The fourth-order valence-electron chi connectivity index (χ4n) is 2.95. The monoisotopic (exact) mass is 308 g/mol. The highest BCUT2D eigenvalue weighted by atomic mass is 35.5. The van der Waals surface area contributed by atoms with Gasteiger partial charge in [-0.25, -0.2) is 0 Å². The Hall–Kier alpha value is -1.06. The Bertz CT molecular complexity index is 460. The van der Waals surface area contributed by atoms with E-state index >= 15 is 0 Å². The molecule has 0 aliphatic carbocycles. The Morgan fingerprint density at radius 1 is 1.29 bits per heavy atom. The van der Waals surface area contributed by atoms with Gasteiger partial charge in [-0.1, -0.05) is 56.3 Å². The number of nitrogens with zero attached hydrogens (tertiary/aromatic N) is 1. The van der Waals surface area contributed by atoms with Crippen molar-refractivity contribution < 1.29 is 4.79 Å². The third-order valence-corrected chi connectivity index (χ3v) is 4.40. The van der Waals surface area contributed by atoms with Crippen molar-refractivity contribution in [2.75, 3.05) is 6.54 Å². The minimum atomic E-state index is -0.0176. The van der Waals surface area contributed by atoms with Gasteiger partial charge in [0.2, 0.25) is 5.91 Å². The average molecular weight is 309 g/mol. The molecule has 116 valence electrons. The quantitative estimate of drug-likeness (QED) is 0.768. The SMILES string of the molecule is CCCCCCC(C)N1C(=O)CNC1c1ccc(Cl)cc1. The molecule has 2 rings (SSSR count). The van der Waals surface area contributed by atoms with Crippen molar-refractivity contribution in [3.8, 4) is 0 Å². The Kier molecular flexibility index (Phi) is 6.07. The predicted molar refractivity (Wildman–Crippen MR) is 87.3 cm³/mol. The van der Waals surface area contributed by atoms with Gasteiger partial charge in [0.05, 0.1) is 6.54 Å². The smallest absolute Gasteiger partial charge is 0.238 e. The number of halogens is 1. The number of rotatable bonds is 7. The summed E-state index contributed by atoms with van der Waals surface area (Å²) in [6.45, 7) is 4.79. The summed E-state index contributed by atoms with van der Waals surface area (Å²) in [5.41, 5.74) is 1.10. The van der Waals surface area contributed by atoms with Crippen LogP contribution in [0.2, 0.25) is 5.02 Å². The van der Waals surface area contributed by atoms with Crippen LogP contribution < -0.4 is 5.32 Å². The Morgan fingerprint density at radius 2 is 2.00 bits per heavy atom. The zero-order valence-corrected chi connectivity index (χ0v) is 13.7. The molecule has 2 atom stereocenters. The van der Waals surface area contributed by atoms with Crippen LogP contribution >= 0.6 is 11.6 Å². The minimum Gasteiger partial charge on any atom is -0.319 e. The number of hydrogen-bond acceptors (Lipinski definition) is 2. The van der Waals surface area contributed by atoms with E-state index in [1.54, 1.807) is 0 Å². The molecule has 1 amide bonds. The summed E-state index contributed by atoms with van der Waals surface area (Å²) in [4.78, 5) is 14.2. The van der Waals surface area contributed by atoms with E-state index in [9.17, 15) is 4.79 Å². The molecule has 0 spiro atoms. The standard InChI is InChI=1S/C17H25ClN2O/c1-3-4-5-6-7-13(2)20-16(21)12-19-17(20)14-8-10-15(18)11-9-14/h8-11,13,17,19H,3-7,12H2,1-2H3. The lowest BCUT2D eigenvalue weighted by Crippen LogP contribution is -2.37. The van der Waals surface area contributed by atoms with E-state index < -0.39 is 0 Å². The molecule has 1 heterocycles. The second-order valence-electron chi connectivity index (χ2n) is 5.83. The molecule has 1 saturated heterocycles. The van der Waals surface area contributed by atoms with Crippen LogP contribution in [0.4, 0.5) is 0 Å². The van der Waals surface area contributed by atoms with E-state index in [2.05, 4.69) is 19.2 Å². The number of benzene rings is 1. The molecule has 1 aromatic carbocycles. The summed E-state index contributed by atoms with van der Waals surface area (Å²) in [5.74, 6) is 0.193. The lowest BCUT2D eigenvalue weighted by molar-refractivity contribution is -0.130. The van der Waals surface area contributed by atoms with Gasteiger partial charge in [-0.2, -0.15) is 0 Å². The van der Waals surface area contributed by atoms with E-state index in [4.69, 9.17) is 11.6 Å². The molecule has 0 radical (unpaired) electrons. The average Bonchev–Trinajstić information content (AvgIpc) is 2.86. The summed E-state index contributed by atoms with van der Waals surface area (Å²) < 4.78 is 0. The summed E-state index contributed by atoms with van der Waals surface area (Å²) >= 11 is 5.94. The Morgan fingerprint density at radius 3 is 2.67 bits per heavy atom. The molecule has 1 fully saturated rings. The van der Waals surface area contributed by atoms with Gasteiger partial charge in [0, 0.05) is 11.1 Å². The van der Waals surface area contributed by atoms with Gasteiger partial charge in [0.1, 0.15) is 6.17 Å². The molecule has 2 unspecified atom stereocenters. The van der Waals surface area contributed by atoms with Crippen molar-refractivity contribution in [1.29, 1.82) is 0 Å². The van der Waals surface area contributed by atoms with Gasteiger partial charge < -0.3 is 4.90 Å². The molecule has 0 saturated carbocycles. The number of amides is 1. The van der Waals surface area contributed by atoms with E-state index in [-0.39, 0.29) is 18.1 Å². The first-order valence-electron chi connectivity index (χ1n) is 7.93. The van der Waals surface area contributed by atoms with Gasteiger partial charge in [0.25, 0.3) is 0 Å². The Labute approximate surface area is 132 Å². The van der Waals surface area contributed by atoms with Gasteiger partial charge in [-0.3, -0.25) is 10.1 Å². The third-order valence-electron chi connectivity index (χ3n) is 4.15. The summed E-state index contributed by atoms with van der Waals surface area (Å²) in [5, 5.41) is 4.03. The molecule has 1 aromatic rings. The first kappa shape index (κ1) is 16.3. The van der Waals surface area contributed by atoms with Crippen LogP contribution in [-0.4, -0.2) is 23.4 Å². The third kappa shape index (κ3) is 4.21. The van der Waals surface area contributed by atoms with Gasteiger partial charge in [0.15, 0.2) is 0 Å². The van der Waals surface area contributed by atoms with E-state index in [0.717, 1.165) is 17.0 Å². The van der Waals surface area contributed by atoms with Crippen molar-refractivity contribution in [3.63, 3.8) is 0 Å². The number of hydrogen-bond donors (Lipinski definition) is 1. The van der Waals surface area contributed by atoms with Crippen LogP contribution in [0.3, 0.4) is 0 Å². The van der Waals surface area contributed by atoms with Crippen LogP contribution in [0.1, 0.15) is 57.7 Å². The fraction of sp³-hybridized carbons (Fsp3) is 0.588. The topological polar surface area (TPSA) is 32.3 Å². The first-order chi connectivity index (χ1) is 10.1. The molecule has 1 aliphatic rings. The lowest BCUT2D eigenvalue weighted by Gasteiger charge is -2.31. The maximum absolute atomic E-state index is 12.2. The molecule has 4 heteroatoms. The van der Waals surface area contributed by atoms with Crippen molar-refractivity contribution in [2.45, 2.75) is 58.2 Å². The summed E-state index contributed by atoms with van der Waals surface area (Å²) in [6.07, 6.45) is 6.01. The van der Waals surface area contributed by atoms with E-state index in [1.807, 2.05) is 29.2 Å². The highest BCUT2D eigenvalue weighted by Gasteiger charge is 2.34. The van der Waals surface area contributed by atoms with Crippen LogP contribution in [0.5, 0.6) is 0 Å². The second kappa shape index (κ2) is 7.81. The van der Waals surface area contributed by atoms with Crippen molar-refractivity contribution in [3.05, 3.63) is 34.9 Å². The fourth-order valence-corrected chi connectivity index (χ4v) is 3.07. The van der Waals surface area contributed by atoms with Gasteiger partial charge >= 0.3 is 0 Å². The predicted octanol–water partition coefficient (Wildman–Crippen LogP) is 4.13. The minimum absolute atomic E-state index is 0.0176. The zero-order valence-electron chi connectivity index (χ0n) is 12.9. The molecule has 0 aromatic heterocycles.